The molecule has 5 heterocycles. The highest BCUT2D eigenvalue weighted by atomic mass is 16.5. The van der Waals surface area contributed by atoms with Crippen molar-refractivity contribution < 1.29 is 4.74 Å². The molecule has 9 nitrogen and oxygen atoms in total. The van der Waals surface area contributed by atoms with Crippen LogP contribution in [-0.4, -0.2) is 48.7 Å². The summed E-state index contributed by atoms with van der Waals surface area (Å²) >= 11 is 0. The first-order valence-electron chi connectivity index (χ1n) is 11.1. The second-order valence-electron chi connectivity index (χ2n) is 9.22. The Morgan fingerprint density at radius 1 is 1.16 bits per heavy atom. The average molecular weight is 423 g/mol. The van der Waals surface area contributed by atoms with Gasteiger partial charge in [-0.2, -0.15) is 0 Å². The van der Waals surface area contributed by atoms with Crippen molar-refractivity contribution in [1.29, 1.82) is 0 Å². The van der Waals surface area contributed by atoms with Crippen molar-refractivity contribution in [2.45, 2.75) is 65.1 Å². The van der Waals surface area contributed by atoms with Crippen LogP contribution in [0.25, 0.3) is 22.6 Å². The Hall–Kier alpha value is -2.81. The maximum absolute atomic E-state index is 6.02. The largest absolute Gasteiger partial charge is 0.368 e. The third-order valence-corrected chi connectivity index (χ3v) is 6.51. The highest BCUT2D eigenvalue weighted by Crippen LogP contribution is 2.37. The number of nitrogens with zero attached hydrogens (tertiary/aromatic N) is 7. The summed E-state index contributed by atoms with van der Waals surface area (Å²) in [5.41, 5.74) is 7.67. The molecule has 2 atom stereocenters. The molecule has 0 saturated carbocycles. The van der Waals surface area contributed by atoms with Crippen molar-refractivity contribution in [3.63, 3.8) is 0 Å². The minimum absolute atomic E-state index is 0.238. The van der Waals surface area contributed by atoms with Crippen LogP contribution in [0, 0.1) is 5.92 Å². The smallest absolute Gasteiger partial charge is 0.219 e. The van der Waals surface area contributed by atoms with Crippen LogP contribution in [-0.2, 0) is 16.9 Å². The quantitative estimate of drug-likeness (QED) is 0.686. The molecule has 2 aliphatic rings. The molecule has 0 aliphatic carbocycles. The van der Waals surface area contributed by atoms with E-state index in [1.165, 1.54) is 6.42 Å². The van der Waals surface area contributed by atoms with Crippen molar-refractivity contribution >= 4 is 22.9 Å². The van der Waals surface area contributed by atoms with E-state index in [1.807, 2.05) is 0 Å². The first-order chi connectivity index (χ1) is 14.9. The van der Waals surface area contributed by atoms with Gasteiger partial charge in [0.15, 0.2) is 22.8 Å². The fourth-order valence-corrected chi connectivity index (χ4v) is 4.79. The molecule has 3 aromatic heterocycles. The third kappa shape index (κ3) is 3.40. The van der Waals surface area contributed by atoms with Crippen LogP contribution in [0.1, 0.15) is 52.8 Å². The minimum atomic E-state index is -0.472. The van der Waals surface area contributed by atoms with Gasteiger partial charge in [-0.1, -0.05) is 13.8 Å². The molecule has 5 rings (SSSR count). The Morgan fingerprint density at radius 3 is 2.68 bits per heavy atom. The number of fused-ring (bicyclic) bond motifs is 3. The summed E-state index contributed by atoms with van der Waals surface area (Å²) in [5, 5.41) is 0. The summed E-state index contributed by atoms with van der Waals surface area (Å²) in [7, 11) is 0. The number of piperidine rings is 1. The molecule has 2 unspecified atom stereocenters. The van der Waals surface area contributed by atoms with Crippen LogP contribution >= 0.6 is 0 Å². The van der Waals surface area contributed by atoms with E-state index in [0.29, 0.717) is 24.4 Å². The Kier molecular flexibility index (Phi) is 4.80. The standard InChI is InChI=1S/C22H30N8O/c1-5-15-7-6-13(2)12-30(15)19-16-18(29-8-9-31-22(3,4)20(29)26-16)27-17(28-19)14-10-24-21(23)25-11-14/h10-11,13,15H,5-9,12H2,1-4H3,(H2,23,24,25). The zero-order valence-electron chi connectivity index (χ0n) is 18.7. The fourth-order valence-electron chi connectivity index (χ4n) is 4.79. The van der Waals surface area contributed by atoms with E-state index in [4.69, 9.17) is 25.4 Å². The summed E-state index contributed by atoms with van der Waals surface area (Å²) < 4.78 is 8.20. The Morgan fingerprint density at radius 2 is 1.94 bits per heavy atom. The Bertz CT molecular complexity index is 1110. The summed E-state index contributed by atoms with van der Waals surface area (Å²) in [6, 6.07) is 0.438. The first kappa shape index (κ1) is 20.1. The molecular weight excluding hydrogens is 392 g/mol. The molecule has 31 heavy (non-hydrogen) atoms. The van der Waals surface area contributed by atoms with Gasteiger partial charge in [-0.3, -0.25) is 0 Å². The van der Waals surface area contributed by atoms with E-state index >= 15 is 0 Å². The highest BCUT2D eigenvalue weighted by Gasteiger charge is 2.36. The van der Waals surface area contributed by atoms with Crippen LogP contribution in [0.3, 0.4) is 0 Å². The lowest BCUT2D eigenvalue weighted by molar-refractivity contribution is -0.0530. The van der Waals surface area contributed by atoms with E-state index in [-0.39, 0.29) is 5.95 Å². The van der Waals surface area contributed by atoms with Gasteiger partial charge < -0.3 is 19.9 Å². The zero-order chi connectivity index (χ0) is 21.8. The lowest BCUT2D eigenvalue weighted by atomic mass is 9.93. The monoisotopic (exact) mass is 422 g/mol. The van der Waals surface area contributed by atoms with Gasteiger partial charge in [0.2, 0.25) is 5.95 Å². The number of aromatic nitrogens is 6. The van der Waals surface area contributed by atoms with E-state index in [9.17, 15) is 0 Å². The zero-order valence-corrected chi connectivity index (χ0v) is 18.7. The number of hydrogen-bond acceptors (Lipinski definition) is 8. The Labute approximate surface area is 182 Å². The molecule has 0 radical (unpaired) electrons. The lowest BCUT2D eigenvalue weighted by Crippen LogP contribution is -2.43. The predicted octanol–water partition coefficient (Wildman–Crippen LogP) is 3.15. The van der Waals surface area contributed by atoms with Crippen LogP contribution < -0.4 is 10.6 Å². The predicted molar refractivity (Wildman–Crippen MR) is 120 cm³/mol. The maximum Gasteiger partial charge on any atom is 0.219 e. The highest BCUT2D eigenvalue weighted by molar-refractivity contribution is 5.86. The van der Waals surface area contributed by atoms with Crippen molar-refractivity contribution in [2.24, 2.45) is 5.92 Å². The molecule has 1 saturated heterocycles. The average Bonchev–Trinajstić information content (AvgIpc) is 3.14. The lowest BCUT2D eigenvalue weighted by Gasteiger charge is -2.39. The number of rotatable bonds is 3. The number of nitrogens with two attached hydrogens (primary N) is 1. The van der Waals surface area contributed by atoms with Gasteiger partial charge in [0.1, 0.15) is 11.4 Å². The Balaban J connectivity index is 1.76. The van der Waals surface area contributed by atoms with Gasteiger partial charge in [-0.25, -0.2) is 24.9 Å². The molecule has 0 aromatic carbocycles. The number of imidazole rings is 1. The third-order valence-electron chi connectivity index (χ3n) is 6.51. The number of nitrogen functional groups attached to an aromatic ring is 1. The topological polar surface area (TPSA) is 108 Å². The maximum atomic E-state index is 6.02. The second-order valence-corrected chi connectivity index (χ2v) is 9.22. The molecule has 0 bridgehead atoms. The summed E-state index contributed by atoms with van der Waals surface area (Å²) in [6.45, 7) is 11.0. The van der Waals surface area contributed by atoms with E-state index in [0.717, 1.165) is 54.3 Å². The van der Waals surface area contributed by atoms with Gasteiger partial charge in [-0.15, -0.1) is 0 Å². The minimum Gasteiger partial charge on any atom is -0.368 e. The van der Waals surface area contributed by atoms with Crippen molar-refractivity contribution in [3.8, 4) is 11.4 Å². The van der Waals surface area contributed by atoms with E-state index < -0.39 is 5.60 Å². The molecule has 3 aromatic rings. The van der Waals surface area contributed by atoms with Crippen LogP contribution in [0.15, 0.2) is 12.4 Å². The SMILES string of the molecule is CCC1CCC(C)CN1c1nc(-c2cnc(N)nc2)nc2c1nc1n2CCOC1(C)C. The van der Waals surface area contributed by atoms with Crippen molar-refractivity contribution in [3.05, 3.63) is 18.2 Å². The molecule has 164 valence electrons. The van der Waals surface area contributed by atoms with Crippen LogP contribution in [0.4, 0.5) is 11.8 Å². The molecule has 0 spiro atoms. The molecule has 9 heteroatoms. The summed E-state index contributed by atoms with van der Waals surface area (Å²) in [5.74, 6) is 3.23. The number of hydrogen-bond donors (Lipinski definition) is 1. The molecule has 1 fully saturated rings. The van der Waals surface area contributed by atoms with Crippen LogP contribution in [0.2, 0.25) is 0 Å². The molecule has 0 amide bonds. The van der Waals surface area contributed by atoms with Gasteiger partial charge in [0, 0.05) is 31.5 Å². The van der Waals surface area contributed by atoms with Crippen molar-refractivity contribution in [2.75, 3.05) is 23.8 Å². The van der Waals surface area contributed by atoms with Crippen molar-refractivity contribution in [1.82, 2.24) is 29.5 Å². The first-order valence-corrected chi connectivity index (χ1v) is 11.1. The van der Waals surface area contributed by atoms with E-state index in [2.05, 4.69) is 47.1 Å². The van der Waals surface area contributed by atoms with Gasteiger partial charge in [-0.05, 0) is 39.0 Å². The van der Waals surface area contributed by atoms with Crippen LogP contribution in [0.5, 0.6) is 0 Å². The van der Waals surface area contributed by atoms with Gasteiger partial charge in [0.25, 0.3) is 0 Å². The second kappa shape index (κ2) is 7.40. The molecular formula is C22H30N8O. The molecule has 2 N–H and O–H groups in total. The van der Waals surface area contributed by atoms with E-state index in [1.54, 1.807) is 12.4 Å². The molecule has 2 aliphatic heterocycles. The number of ether oxygens (including phenoxy) is 1. The number of anilines is 2. The van der Waals surface area contributed by atoms with Gasteiger partial charge in [0.05, 0.1) is 12.2 Å². The van der Waals surface area contributed by atoms with Gasteiger partial charge >= 0.3 is 0 Å². The summed E-state index contributed by atoms with van der Waals surface area (Å²) in [6.07, 6.45) is 6.84. The normalized spacial score (nSPS) is 23.2. The summed E-state index contributed by atoms with van der Waals surface area (Å²) in [4.78, 5) is 25.7. The fraction of sp³-hybridized carbons (Fsp3) is 0.591.